The Labute approximate surface area is 115 Å². The highest BCUT2D eigenvalue weighted by Gasteiger charge is 2.11. The average Bonchev–Trinajstić information content (AvgIpc) is 2.76. The SMILES string of the molecule is CCCNCc1cn(CC(=O)NC(C)C(C)C)cn1. The molecule has 0 aliphatic carbocycles. The highest BCUT2D eigenvalue weighted by Crippen LogP contribution is 2.00. The molecule has 0 bridgehead atoms. The molecular weight excluding hydrogens is 240 g/mol. The first-order chi connectivity index (χ1) is 9.02. The topological polar surface area (TPSA) is 59.0 Å². The van der Waals surface area contributed by atoms with Gasteiger partial charge >= 0.3 is 0 Å². The maximum absolute atomic E-state index is 11.8. The average molecular weight is 266 g/mol. The quantitative estimate of drug-likeness (QED) is 0.702. The second-order valence-corrected chi connectivity index (χ2v) is 5.31. The smallest absolute Gasteiger partial charge is 0.240 e. The van der Waals surface area contributed by atoms with E-state index in [4.69, 9.17) is 0 Å². The molecular formula is C14H26N4O. The van der Waals surface area contributed by atoms with Crippen molar-refractivity contribution in [2.75, 3.05) is 6.54 Å². The van der Waals surface area contributed by atoms with Gasteiger partial charge in [-0.15, -0.1) is 0 Å². The van der Waals surface area contributed by atoms with E-state index in [1.807, 2.05) is 17.7 Å². The van der Waals surface area contributed by atoms with Gasteiger partial charge in [0.1, 0.15) is 6.54 Å². The van der Waals surface area contributed by atoms with Crippen LogP contribution in [0.1, 0.15) is 39.8 Å². The molecule has 0 saturated heterocycles. The van der Waals surface area contributed by atoms with Crippen molar-refractivity contribution in [2.24, 2.45) is 5.92 Å². The molecule has 1 unspecified atom stereocenters. The first-order valence-electron chi connectivity index (χ1n) is 7.03. The number of nitrogens with zero attached hydrogens (tertiary/aromatic N) is 2. The lowest BCUT2D eigenvalue weighted by molar-refractivity contribution is -0.122. The van der Waals surface area contributed by atoms with Crippen molar-refractivity contribution in [3.8, 4) is 0 Å². The lowest BCUT2D eigenvalue weighted by Gasteiger charge is -2.17. The summed E-state index contributed by atoms with van der Waals surface area (Å²) in [5.41, 5.74) is 0.971. The standard InChI is InChI=1S/C14H26N4O/c1-5-6-15-7-13-8-18(10-16-13)9-14(19)17-12(4)11(2)3/h8,10-12,15H,5-7,9H2,1-4H3,(H,17,19). The zero-order chi connectivity index (χ0) is 14.3. The summed E-state index contributed by atoms with van der Waals surface area (Å²) in [6.07, 6.45) is 4.74. The van der Waals surface area contributed by atoms with Crippen molar-refractivity contribution in [2.45, 2.75) is 53.2 Å². The molecule has 108 valence electrons. The molecule has 0 saturated carbocycles. The summed E-state index contributed by atoms with van der Waals surface area (Å²) < 4.78 is 1.82. The molecule has 1 aromatic rings. The molecule has 2 N–H and O–H groups in total. The van der Waals surface area contributed by atoms with Crippen molar-refractivity contribution >= 4 is 5.91 Å². The van der Waals surface area contributed by atoms with Crippen LogP contribution in [0.25, 0.3) is 0 Å². The number of hydrogen-bond acceptors (Lipinski definition) is 3. The van der Waals surface area contributed by atoms with Crippen molar-refractivity contribution in [1.29, 1.82) is 0 Å². The fourth-order valence-electron chi connectivity index (χ4n) is 1.61. The molecule has 0 aliphatic heterocycles. The molecule has 5 heteroatoms. The van der Waals surface area contributed by atoms with Crippen LogP contribution < -0.4 is 10.6 Å². The Balaban J connectivity index is 2.38. The Kier molecular flexibility index (Phi) is 6.56. The Hall–Kier alpha value is -1.36. The van der Waals surface area contributed by atoms with Gasteiger partial charge in [-0.05, 0) is 25.8 Å². The first-order valence-corrected chi connectivity index (χ1v) is 7.03. The fourth-order valence-corrected chi connectivity index (χ4v) is 1.61. The van der Waals surface area contributed by atoms with Crippen LogP contribution in [0.5, 0.6) is 0 Å². The number of rotatable bonds is 8. The molecule has 1 amide bonds. The zero-order valence-corrected chi connectivity index (χ0v) is 12.4. The lowest BCUT2D eigenvalue weighted by atomic mass is 10.1. The number of carbonyl (C=O) groups excluding carboxylic acids is 1. The van der Waals surface area contributed by atoms with Gasteiger partial charge in [0.15, 0.2) is 0 Å². The number of carbonyl (C=O) groups is 1. The van der Waals surface area contributed by atoms with Crippen LogP contribution in [0.3, 0.4) is 0 Å². The molecule has 0 fully saturated rings. The van der Waals surface area contributed by atoms with Crippen LogP contribution in [0, 0.1) is 5.92 Å². The summed E-state index contributed by atoms with van der Waals surface area (Å²) in [4.78, 5) is 16.1. The lowest BCUT2D eigenvalue weighted by Crippen LogP contribution is -2.37. The summed E-state index contributed by atoms with van der Waals surface area (Å²) in [5.74, 6) is 0.479. The molecule has 1 rings (SSSR count). The number of aromatic nitrogens is 2. The summed E-state index contributed by atoms with van der Waals surface area (Å²) in [6.45, 7) is 10.4. The summed E-state index contributed by atoms with van der Waals surface area (Å²) in [7, 11) is 0. The van der Waals surface area contributed by atoms with E-state index in [0.29, 0.717) is 12.5 Å². The van der Waals surface area contributed by atoms with E-state index < -0.39 is 0 Å². The third kappa shape index (κ3) is 5.87. The summed E-state index contributed by atoms with van der Waals surface area (Å²) >= 11 is 0. The van der Waals surface area contributed by atoms with E-state index in [0.717, 1.165) is 25.2 Å². The minimum Gasteiger partial charge on any atom is -0.352 e. The molecule has 0 aromatic carbocycles. The van der Waals surface area contributed by atoms with E-state index in [9.17, 15) is 4.79 Å². The summed E-state index contributed by atoms with van der Waals surface area (Å²) in [6, 6.07) is 0.196. The van der Waals surface area contributed by atoms with Crippen LogP contribution >= 0.6 is 0 Å². The maximum Gasteiger partial charge on any atom is 0.240 e. The van der Waals surface area contributed by atoms with Gasteiger partial charge in [-0.1, -0.05) is 20.8 Å². The van der Waals surface area contributed by atoms with Crippen LogP contribution in [-0.4, -0.2) is 28.0 Å². The molecule has 0 spiro atoms. The third-order valence-electron chi connectivity index (χ3n) is 3.13. The molecule has 19 heavy (non-hydrogen) atoms. The van der Waals surface area contributed by atoms with Crippen molar-refractivity contribution in [3.05, 3.63) is 18.2 Å². The second kappa shape index (κ2) is 7.94. The predicted molar refractivity (Wildman–Crippen MR) is 76.7 cm³/mol. The van der Waals surface area contributed by atoms with Gasteiger partial charge in [-0.25, -0.2) is 4.98 Å². The normalized spacial score (nSPS) is 12.7. The van der Waals surface area contributed by atoms with Gasteiger partial charge in [0.25, 0.3) is 0 Å². The summed E-state index contributed by atoms with van der Waals surface area (Å²) in [5, 5.41) is 6.27. The van der Waals surface area contributed by atoms with Gasteiger partial charge in [-0.2, -0.15) is 0 Å². The van der Waals surface area contributed by atoms with Gasteiger partial charge in [-0.3, -0.25) is 4.79 Å². The van der Waals surface area contributed by atoms with E-state index in [1.54, 1.807) is 6.33 Å². The van der Waals surface area contributed by atoms with Gasteiger partial charge in [0, 0.05) is 18.8 Å². The highest BCUT2D eigenvalue weighted by atomic mass is 16.2. The van der Waals surface area contributed by atoms with Gasteiger partial charge in [0.05, 0.1) is 12.0 Å². The Morgan fingerprint density at radius 2 is 2.16 bits per heavy atom. The van der Waals surface area contributed by atoms with E-state index in [2.05, 4.69) is 36.4 Å². The van der Waals surface area contributed by atoms with Crippen LogP contribution in [-0.2, 0) is 17.9 Å². The van der Waals surface area contributed by atoms with Crippen molar-refractivity contribution in [1.82, 2.24) is 20.2 Å². The van der Waals surface area contributed by atoms with E-state index in [1.165, 1.54) is 0 Å². The number of imidazole rings is 1. The van der Waals surface area contributed by atoms with Crippen LogP contribution in [0.15, 0.2) is 12.5 Å². The van der Waals surface area contributed by atoms with Crippen LogP contribution in [0.4, 0.5) is 0 Å². The number of hydrogen-bond donors (Lipinski definition) is 2. The zero-order valence-electron chi connectivity index (χ0n) is 12.4. The van der Waals surface area contributed by atoms with Gasteiger partial charge < -0.3 is 15.2 Å². The molecule has 0 aliphatic rings. The Bertz CT molecular complexity index is 387. The highest BCUT2D eigenvalue weighted by molar-refractivity contribution is 5.76. The molecule has 0 radical (unpaired) electrons. The minimum atomic E-state index is 0.0340. The van der Waals surface area contributed by atoms with E-state index >= 15 is 0 Å². The molecule has 1 atom stereocenters. The second-order valence-electron chi connectivity index (χ2n) is 5.31. The van der Waals surface area contributed by atoms with E-state index in [-0.39, 0.29) is 11.9 Å². The Morgan fingerprint density at radius 3 is 2.79 bits per heavy atom. The third-order valence-corrected chi connectivity index (χ3v) is 3.13. The molecule has 1 aromatic heterocycles. The first kappa shape index (κ1) is 15.7. The monoisotopic (exact) mass is 266 g/mol. The Morgan fingerprint density at radius 1 is 1.42 bits per heavy atom. The van der Waals surface area contributed by atoms with Gasteiger partial charge in [0.2, 0.25) is 5.91 Å². The predicted octanol–water partition coefficient (Wildman–Crippen LogP) is 1.54. The molecule has 5 nitrogen and oxygen atoms in total. The largest absolute Gasteiger partial charge is 0.352 e. The fraction of sp³-hybridized carbons (Fsp3) is 0.714. The number of nitrogens with one attached hydrogen (secondary N) is 2. The maximum atomic E-state index is 11.8. The van der Waals surface area contributed by atoms with Crippen LogP contribution in [0.2, 0.25) is 0 Å². The minimum absolute atomic E-state index is 0.0340. The molecule has 1 heterocycles. The number of amides is 1. The van der Waals surface area contributed by atoms with Crippen molar-refractivity contribution < 1.29 is 4.79 Å². The van der Waals surface area contributed by atoms with Crippen molar-refractivity contribution in [3.63, 3.8) is 0 Å².